The Morgan fingerprint density at radius 3 is 2.50 bits per heavy atom. The van der Waals surface area contributed by atoms with Crippen LogP contribution in [0.25, 0.3) is 0 Å². The van der Waals surface area contributed by atoms with Crippen molar-refractivity contribution in [3.8, 4) is 0 Å². The molecule has 2 rings (SSSR count). The van der Waals surface area contributed by atoms with Crippen molar-refractivity contribution < 1.29 is 8.78 Å². The van der Waals surface area contributed by atoms with Crippen LogP contribution >= 0.6 is 15.9 Å². The molecule has 1 aliphatic rings. The summed E-state index contributed by atoms with van der Waals surface area (Å²) in [7, 11) is 0. The highest BCUT2D eigenvalue weighted by molar-refractivity contribution is 9.10. The molecule has 1 saturated carbocycles. The molecule has 0 saturated heterocycles. The second-order valence-corrected chi connectivity index (χ2v) is 5.18. The highest BCUT2D eigenvalue weighted by Gasteiger charge is 2.28. The van der Waals surface area contributed by atoms with Crippen LogP contribution in [0.2, 0.25) is 0 Å². The molecule has 0 unspecified atom stereocenters. The summed E-state index contributed by atoms with van der Waals surface area (Å²) in [5, 5.41) is 0. The van der Waals surface area contributed by atoms with Gasteiger partial charge in [0.25, 0.3) is 0 Å². The van der Waals surface area contributed by atoms with Gasteiger partial charge in [-0.25, -0.2) is 8.78 Å². The Morgan fingerprint density at radius 2 is 1.88 bits per heavy atom. The molecule has 0 bridgehead atoms. The number of benzene rings is 1. The maximum absolute atomic E-state index is 13.8. The van der Waals surface area contributed by atoms with Crippen LogP contribution in [0.4, 0.5) is 8.78 Å². The molecule has 0 spiro atoms. The normalized spacial score (nSPS) is 19.0. The summed E-state index contributed by atoms with van der Waals surface area (Å²) in [5.74, 6) is -0.891. The summed E-state index contributed by atoms with van der Waals surface area (Å²) < 4.78 is 27.7. The maximum Gasteiger partial charge on any atom is 0.145 e. The minimum Gasteiger partial charge on any atom is -0.324 e. The van der Waals surface area contributed by atoms with Crippen LogP contribution in [0.5, 0.6) is 0 Å². The zero-order valence-corrected chi connectivity index (χ0v) is 10.4. The SMILES string of the molecule is N[C@@H](c1c(F)ccc(Br)c1F)C1CCCC1. The highest BCUT2D eigenvalue weighted by Crippen LogP contribution is 2.37. The topological polar surface area (TPSA) is 26.0 Å². The van der Waals surface area contributed by atoms with Crippen LogP contribution in [-0.4, -0.2) is 0 Å². The van der Waals surface area contributed by atoms with E-state index in [1.54, 1.807) is 0 Å². The highest BCUT2D eigenvalue weighted by atomic mass is 79.9. The molecule has 0 aromatic heterocycles. The molecule has 1 aliphatic carbocycles. The fourth-order valence-electron chi connectivity index (χ4n) is 2.40. The fourth-order valence-corrected chi connectivity index (χ4v) is 2.75. The summed E-state index contributed by atoms with van der Waals surface area (Å²) in [4.78, 5) is 0. The van der Waals surface area contributed by atoms with Gasteiger partial charge in [-0.15, -0.1) is 0 Å². The van der Waals surface area contributed by atoms with Crippen LogP contribution in [0.1, 0.15) is 37.3 Å². The van der Waals surface area contributed by atoms with Crippen molar-refractivity contribution in [2.24, 2.45) is 11.7 Å². The van der Waals surface area contributed by atoms with Crippen molar-refractivity contribution >= 4 is 15.9 Å². The molecular weight excluding hydrogens is 276 g/mol. The molecular formula is C12H14BrF2N. The van der Waals surface area contributed by atoms with E-state index in [2.05, 4.69) is 15.9 Å². The summed E-state index contributed by atoms with van der Waals surface area (Å²) in [6.07, 6.45) is 4.14. The summed E-state index contributed by atoms with van der Waals surface area (Å²) in [5.41, 5.74) is 6.00. The first-order chi connectivity index (χ1) is 7.61. The van der Waals surface area contributed by atoms with Gasteiger partial charge in [0.2, 0.25) is 0 Å². The Morgan fingerprint density at radius 1 is 1.25 bits per heavy atom. The average molecular weight is 290 g/mol. The molecule has 1 aromatic carbocycles. The molecule has 0 amide bonds. The second-order valence-electron chi connectivity index (χ2n) is 4.33. The number of hydrogen-bond donors (Lipinski definition) is 1. The van der Waals surface area contributed by atoms with E-state index in [1.165, 1.54) is 12.1 Å². The van der Waals surface area contributed by atoms with E-state index in [1.807, 2.05) is 0 Å². The van der Waals surface area contributed by atoms with Crippen LogP contribution < -0.4 is 5.73 Å². The van der Waals surface area contributed by atoms with Gasteiger partial charge in [-0.3, -0.25) is 0 Å². The van der Waals surface area contributed by atoms with Gasteiger partial charge in [0.1, 0.15) is 11.6 Å². The lowest BCUT2D eigenvalue weighted by Crippen LogP contribution is -2.22. The van der Waals surface area contributed by atoms with E-state index in [4.69, 9.17) is 5.73 Å². The van der Waals surface area contributed by atoms with Gasteiger partial charge in [0.15, 0.2) is 0 Å². The van der Waals surface area contributed by atoms with E-state index < -0.39 is 17.7 Å². The molecule has 2 N–H and O–H groups in total. The minimum absolute atomic E-state index is 0.0290. The molecule has 1 atom stereocenters. The standard InChI is InChI=1S/C12H14BrF2N/c13-8-5-6-9(14)10(11(8)15)12(16)7-3-1-2-4-7/h5-7,12H,1-4,16H2/t12-/m1/s1. The van der Waals surface area contributed by atoms with Gasteiger partial charge in [-0.05, 0) is 46.8 Å². The van der Waals surface area contributed by atoms with Gasteiger partial charge in [-0.2, -0.15) is 0 Å². The van der Waals surface area contributed by atoms with Crippen molar-refractivity contribution in [1.82, 2.24) is 0 Å². The first kappa shape index (κ1) is 12.0. The summed E-state index contributed by atoms with van der Waals surface area (Å²) >= 11 is 3.06. The van der Waals surface area contributed by atoms with Crippen molar-refractivity contribution in [1.29, 1.82) is 0 Å². The van der Waals surface area contributed by atoms with Crippen LogP contribution in [0.15, 0.2) is 16.6 Å². The number of rotatable bonds is 2. The van der Waals surface area contributed by atoms with Crippen LogP contribution in [0, 0.1) is 17.6 Å². The largest absolute Gasteiger partial charge is 0.324 e. The third-order valence-corrected chi connectivity index (χ3v) is 3.93. The third kappa shape index (κ3) is 2.13. The molecule has 1 aromatic rings. The van der Waals surface area contributed by atoms with Crippen molar-refractivity contribution in [3.05, 3.63) is 33.8 Å². The van der Waals surface area contributed by atoms with Crippen molar-refractivity contribution in [2.45, 2.75) is 31.7 Å². The monoisotopic (exact) mass is 289 g/mol. The number of halogens is 3. The van der Waals surface area contributed by atoms with Crippen LogP contribution in [-0.2, 0) is 0 Å². The van der Waals surface area contributed by atoms with E-state index in [0.29, 0.717) is 0 Å². The Labute approximate surface area is 102 Å². The number of hydrogen-bond acceptors (Lipinski definition) is 1. The first-order valence-electron chi connectivity index (χ1n) is 5.50. The zero-order chi connectivity index (χ0) is 11.7. The molecule has 88 valence electrons. The molecule has 1 nitrogen and oxygen atoms in total. The lowest BCUT2D eigenvalue weighted by molar-refractivity contribution is 0.409. The summed E-state index contributed by atoms with van der Waals surface area (Å²) in [6, 6.07) is 2.10. The lowest BCUT2D eigenvalue weighted by Gasteiger charge is -2.20. The van der Waals surface area contributed by atoms with Gasteiger partial charge < -0.3 is 5.73 Å². The van der Waals surface area contributed by atoms with Crippen LogP contribution in [0.3, 0.4) is 0 Å². The Balaban J connectivity index is 2.34. The molecule has 0 aliphatic heterocycles. The second kappa shape index (κ2) is 4.80. The number of nitrogens with two attached hydrogens (primary N) is 1. The van der Waals surface area contributed by atoms with E-state index in [0.717, 1.165) is 25.7 Å². The first-order valence-corrected chi connectivity index (χ1v) is 6.29. The maximum atomic E-state index is 13.8. The predicted octanol–water partition coefficient (Wildman–Crippen LogP) is 3.92. The molecule has 16 heavy (non-hydrogen) atoms. The van der Waals surface area contributed by atoms with Gasteiger partial charge in [0, 0.05) is 11.6 Å². The molecule has 4 heteroatoms. The predicted molar refractivity (Wildman–Crippen MR) is 62.9 cm³/mol. The fraction of sp³-hybridized carbons (Fsp3) is 0.500. The average Bonchev–Trinajstić information content (AvgIpc) is 2.77. The molecule has 0 heterocycles. The summed E-state index contributed by atoms with van der Waals surface area (Å²) in [6.45, 7) is 0. The van der Waals surface area contributed by atoms with Crippen molar-refractivity contribution in [2.75, 3.05) is 0 Å². The Kier molecular flexibility index (Phi) is 3.60. The van der Waals surface area contributed by atoms with Gasteiger partial charge >= 0.3 is 0 Å². The van der Waals surface area contributed by atoms with E-state index >= 15 is 0 Å². The Hall–Kier alpha value is -0.480. The Bertz CT molecular complexity index is 389. The van der Waals surface area contributed by atoms with Gasteiger partial charge in [-0.1, -0.05) is 12.8 Å². The minimum atomic E-state index is -0.556. The van der Waals surface area contributed by atoms with E-state index in [-0.39, 0.29) is 16.0 Å². The van der Waals surface area contributed by atoms with Crippen molar-refractivity contribution in [3.63, 3.8) is 0 Å². The zero-order valence-electron chi connectivity index (χ0n) is 8.85. The quantitative estimate of drug-likeness (QED) is 0.821. The molecule has 1 fully saturated rings. The lowest BCUT2D eigenvalue weighted by atomic mass is 9.92. The third-order valence-electron chi connectivity index (χ3n) is 3.32. The smallest absolute Gasteiger partial charge is 0.145 e. The van der Waals surface area contributed by atoms with E-state index in [9.17, 15) is 8.78 Å². The molecule has 0 radical (unpaired) electrons. The van der Waals surface area contributed by atoms with Gasteiger partial charge in [0.05, 0.1) is 4.47 Å².